The van der Waals surface area contributed by atoms with Crippen LogP contribution in [0.3, 0.4) is 0 Å². The van der Waals surface area contributed by atoms with Crippen molar-refractivity contribution in [2.75, 3.05) is 5.32 Å². The Morgan fingerprint density at radius 3 is 2.31 bits per heavy atom. The molecule has 1 aliphatic heterocycles. The molecule has 1 aliphatic rings. The zero-order chi connectivity index (χ0) is 32.2. The average Bonchev–Trinajstić information content (AvgIpc) is 2.86. The second kappa shape index (κ2) is 11.8. The van der Waals surface area contributed by atoms with Crippen LogP contribution in [0.2, 0.25) is 10.2 Å². The Morgan fingerprint density at radius 2 is 1.76 bits per heavy atom. The molecule has 1 saturated heterocycles. The quantitative estimate of drug-likeness (QED) is 0.334. The zero-order valence-electron chi connectivity index (χ0n) is 22.4. The molecule has 208 valence electrons. The molecule has 42 heavy (non-hydrogen) atoms. The van der Waals surface area contributed by atoms with Gasteiger partial charge in [0.2, 0.25) is 0 Å². The Morgan fingerprint density at radius 1 is 1.17 bits per heavy atom. The van der Waals surface area contributed by atoms with Gasteiger partial charge in [0.25, 0.3) is 5.91 Å². The maximum atomic E-state index is 14.1. The summed E-state index contributed by atoms with van der Waals surface area (Å²) in [5.41, 5.74) is -2.09. The van der Waals surface area contributed by atoms with Gasteiger partial charge < -0.3 is 20.3 Å². The molecular formula is C24H20B6ClF2NO7S. The van der Waals surface area contributed by atoms with Crippen molar-refractivity contribution < 1.29 is 41.7 Å². The molecule has 1 unspecified atom stereocenters. The Labute approximate surface area is 255 Å². The van der Waals surface area contributed by atoms with Crippen molar-refractivity contribution in [1.82, 2.24) is 0 Å². The molecule has 2 aromatic rings. The van der Waals surface area contributed by atoms with Crippen LogP contribution in [0.5, 0.6) is 0 Å². The first-order valence-electron chi connectivity index (χ1n) is 12.3. The number of anilines is 1. The number of halogens is 3. The summed E-state index contributed by atoms with van der Waals surface area (Å²) in [6.45, 7) is 2.55. The smallest absolute Gasteiger partial charge is 0.255 e. The van der Waals surface area contributed by atoms with Crippen LogP contribution < -0.4 is 16.2 Å². The van der Waals surface area contributed by atoms with Gasteiger partial charge >= 0.3 is 0 Å². The van der Waals surface area contributed by atoms with Crippen molar-refractivity contribution in [1.29, 1.82) is 0 Å². The molecule has 0 aromatic heterocycles. The fraction of sp³-hybridized carbons (Fsp3) is 0.417. The maximum Gasteiger partial charge on any atom is 0.255 e. The summed E-state index contributed by atoms with van der Waals surface area (Å²) in [7, 11) is 30.9. The highest BCUT2D eigenvalue weighted by Crippen LogP contribution is 2.56. The molecule has 1 amide bonds. The van der Waals surface area contributed by atoms with Crippen molar-refractivity contribution in [3.8, 4) is 0 Å². The van der Waals surface area contributed by atoms with Gasteiger partial charge in [-0.2, -0.15) is 0 Å². The van der Waals surface area contributed by atoms with Crippen LogP contribution in [0.15, 0.2) is 29.2 Å². The largest absolute Gasteiger partial charge is 0.380 e. The first-order valence-corrected chi connectivity index (χ1v) is 14.2. The van der Waals surface area contributed by atoms with Crippen LogP contribution in [0.4, 0.5) is 14.5 Å². The summed E-state index contributed by atoms with van der Waals surface area (Å²) in [5, 5.41) is 15.7. The van der Waals surface area contributed by atoms with E-state index in [-0.39, 0.29) is 18.4 Å². The number of aliphatic hydroxyl groups is 2. The van der Waals surface area contributed by atoms with Gasteiger partial charge in [-0.05, 0) is 43.1 Å². The van der Waals surface area contributed by atoms with Gasteiger partial charge in [-0.15, -0.1) is 0 Å². The molecular weight excluding hydrogens is 585 g/mol. The Hall–Kier alpha value is -2.05. The molecule has 0 aliphatic carbocycles. The minimum absolute atomic E-state index is 0.164. The second-order valence-electron chi connectivity index (χ2n) is 10.1. The number of benzene rings is 2. The number of rotatable bonds is 8. The predicted octanol–water partition coefficient (Wildman–Crippen LogP) is -0.871. The molecule has 0 bridgehead atoms. The highest BCUT2D eigenvalue weighted by molar-refractivity contribution is 7.92. The topological polar surface area (TPSA) is 130 Å². The average molecular weight is 605 g/mol. The molecule has 0 saturated carbocycles. The lowest BCUT2D eigenvalue weighted by atomic mass is 9.37. The SMILES string of the molecule is [B]c1cc(F)c(F)c([B])c1NC(=O)c1ccc(Cl)c(S(=O)(=O)[C@@H]2C([B])([B])O[C@](O)(C(O)C(C)=O)[C@@H](CCC)C2([B])[B])c1. The molecule has 3 N–H and O–H groups in total. The Bertz CT molecular complexity index is 1550. The van der Waals surface area contributed by atoms with Gasteiger partial charge in [-0.25, -0.2) is 17.2 Å². The summed E-state index contributed by atoms with van der Waals surface area (Å²) in [4.78, 5) is 24.2. The lowest BCUT2D eigenvalue weighted by Gasteiger charge is -2.61. The van der Waals surface area contributed by atoms with Crippen LogP contribution in [0.1, 0.15) is 37.0 Å². The molecule has 2 aromatic carbocycles. The lowest BCUT2D eigenvalue weighted by molar-refractivity contribution is -0.313. The molecule has 18 heteroatoms. The highest BCUT2D eigenvalue weighted by Gasteiger charge is 2.65. The summed E-state index contributed by atoms with van der Waals surface area (Å²) >= 11 is 6.21. The first kappa shape index (κ1) is 34.4. The Kier molecular flexibility index (Phi) is 9.68. The number of sulfone groups is 1. The highest BCUT2D eigenvalue weighted by atomic mass is 35.5. The minimum atomic E-state index is -4.99. The number of ketones is 1. The second-order valence-corrected chi connectivity index (χ2v) is 12.5. The van der Waals surface area contributed by atoms with Gasteiger partial charge in [-0.3, -0.25) is 9.59 Å². The fourth-order valence-corrected chi connectivity index (χ4v) is 7.67. The lowest BCUT2D eigenvalue weighted by Crippen LogP contribution is -2.73. The van der Waals surface area contributed by atoms with E-state index < -0.39 is 93.4 Å². The van der Waals surface area contributed by atoms with Gasteiger partial charge in [-0.1, -0.05) is 35.6 Å². The number of hydrogen-bond donors (Lipinski definition) is 3. The molecule has 1 fully saturated rings. The molecule has 0 spiro atoms. The number of amides is 1. The van der Waals surface area contributed by atoms with E-state index in [0.29, 0.717) is 6.07 Å². The number of Topliss-reactive ketones (excluding diaryl/α,β-unsaturated/α-hetero) is 1. The fourth-order valence-electron chi connectivity index (χ4n) is 5.11. The van der Waals surface area contributed by atoms with E-state index in [1.165, 1.54) is 0 Å². The monoisotopic (exact) mass is 605 g/mol. The third-order valence-corrected chi connectivity index (χ3v) is 9.79. The van der Waals surface area contributed by atoms with E-state index in [2.05, 4.69) is 5.32 Å². The van der Waals surface area contributed by atoms with E-state index in [1.54, 1.807) is 6.92 Å². The number of ether oxygens (including phenoxy) is 1. The van der Waals surface area contributed by atoms with E-state index >= 15 is 0 Å². The van der Waals surface area contributed by atoms with E-state index in [1.807, 2.05) is 0 Å². The van der Waals surface area contributed by atoms with Gasteiger partial charge in [0.05, 0.1) is 30.9 Å². The molecule has 4 atom stereocenters. The molecule has 1 heterocycles. The van der Waals surface area contributed by atoms with Crippen molar-refractivity contribution >= 4 is 96.8 Å². The van der Waals surface area contributed by atoms with E-state index in [9.17, 15) is 37.0 Å². The molecule has 3 rings (SSSR count). The summed E-state index contributed by atoms with van der Waals surface area (Å²) < 4.78 is 61.0. The number of hydrogen-bond acceptors (Lipinski definition) is 7. The number of aliphatic hydroxyl groups excluding tert-OH is 1. The van der Waals surface area contributed by atoms with Crippen LogP contribution in [-0.2, 0) is 19.4 Å². The van der Waals surface area contributed by atoms with Crippen LogP contribution in [0.25, 0.3) is 0 Å². The Balaban J connectivity index is 2.13. The third-order valence-electron chi connectivity index (χ3n) is 7.00. The van der Waals surface area contributed by atoms with Crippen molar-refractivity contribution in [2.45, 2.75) is 59.3 Å². The van der Waals surface area contributed by atoms with Crippen molar-refractivity contribution in [2.24, 2.45) is 5.92 Å². The van der Waals surface area contributed by atoms with E-state index in [0.717, 1.165) is 25.1 Å². The number of carbonyl (C=O) groups is 2. The van der Waals surface area contributed by atoms with Crippen LogP contribution >= 0.6 is 11.6 Å². The molecule has 12 radical (unpaired) electrons. The zero-order valence-corrected chi connectivity index (χ0v) is 24.0. The van der Waals surface area contributed by atoms with Crippen molar-refractivity contribution in [3.05, 3.63) is 46.5 Å². The molecule has 8 nitrogen and oxygen atoms in total. The van der Waals surface area contributed by atoms with Gasteiger partial charge in [0.15, 0.2) is 39.1 Å². The predicted molar refractivity (Wildman–Crippen MR) is 157 cm³/mol. The number of nitrogens with one attached hydrogen (secondary N) is 1. The van der Waals surface area contributed by atoms with E-state index in [4.69, 9.17) is 63.4 Å². The number of carbonyl (C=O) groups excluding carboxylic acids is 2. The minimum Gasteiger partial charge on any atom is -0.380 e. The maximum absolute atomic E-state index is 14.1. The van der Waals surface area contributed by atoms with Crippen LogP contribution in [0, 0.1) is 17.6 Å². The normalized spacial score (nSPS) is 24.1. The van der Waals surface area contributed by atoms with Gasteiger partial charge in [0, 0.05) is 22.6 Å². The summed E-state index contributed by atoms with van der Waals surface area (Å²) in [5.74, 6) is -9.39. The first-order chi connectivity index (χ1) is 19.1. The summed E-state index contributed by atoms with van der Waals surface area (Å²) in [6, 6.07) is 3.50. The van der Waals surface area contributed by atoms with Crippen molar-refractivity contribution in [3.63, 3.8) is 0 Å². The third kappa shape index (κ3) is 5.87. The van der Waals surface area contributed by atoms with Crippen LogP contribution in [-0.4, -0.2) is 99.9 Å². The summed E-state index contributed by atoms with van der Waals surface area (Å²) in [6.07, 6.45) is -2.20. The van der Waals surface area contributed by atoms with Gasteiger partial charge in [0.1, 0.15) is 31.4 Å². The standard InChI is InChI=1S/C24H20B6ClF2NO7S/c1-3-4-15-22(27,28)21(24(29,30)41-23(15,38)19(36)9(2)35)42(39,40)14-7-10(5-6-12(14)31)20(37)34-18-11(25)8-13(32)17(33)16(18)26/h5-8,15,19,21,36,38H,3-4H2,1-2H3,(H,34,37)/t15-,19?,21-,23-/m0/s1.